The maximum absolute atomic E-state index is 4.49. The molecule has 0 bridgehead atoms. The number of rotatable bonds is 7. The van der Waals surface area contributed by atoms with Crippen LogP contribution in [0.2, 0.25) is 0 Å². The minimum Gasteiger partial charge on any atom is -0.350 e. The predicted octanol–water partition coefficient (Wildman–Crippen LogP) is 3.92. The van der Waals surface area contributed by atoms with E-state index in [9.17, 15) is 0 Å². The van der Waals surface area contributed by atoms with Crippen molar-refractivity contribution >= 4 is 5.96 Å². The molecular formula is C23H29N5. The van der Waals surface area contributed by atoms with Gasteiger partial charge in [0.15, 0.2) is 5.96 Å². The van der Waals surface area contributed by atoms with E-state index in [0.29, 0.717) is 6.54 Å². The maximum atomic E-state index is 4.49. The van der Waals surface area contributed by atoms with Gasteiger partial charge in [-0.1, -0.05) is 61.5 Å². The van der Waals surface area contributed by atoms with E-state index in [2.05, 4.69) is 87.6 Å². The first-order valence-electron chi connectivity index (χ1n) is 9.79. The van der Waals surface area contributed by atoms with Crippen molar-refractivity contribution in [2.75, 3.05) is 7.05 Å². The van der Waals surface area contributed by atoms with Crippen molar-refractivity contribution in [1.29, 1.82) is 0 Å². The van der Waals surface area contributed by atoms with E-state index in [1.807, 2.05) is 18.5 Å². The monoisotopic (exact) mass is 375 g/mol. The van der Waals surface area contributed by atoms with Gasteiger partial charge in [-0.25, -0.2) is 4.98 Å². The Balaban J connectivity index is 1.58. The average Bonchev–Trinajstić information content (AvgIpc) is 3.18. The van der Waals surface area contributed by atoms with Crippen molar-refractivity contribution in [3.63, 3.8) is 0 Å². The molecule has 1 aromatic heterocycles. The number of nitrogens with one attached hydrogen (secondary N) is 2. The minimum absolute atomic E-state index is 0.168. The summed E-state index contributed by atoms with van der Waals surface area (Å²) >= 11 is 0. The van der Waals surface area contributed by atoms with Gasteiger partial charge in [-0.05, 0) is 30.0 Å². The van der Waals surface area contributed by atoms with Crippen LogP contribution in [0.3, 0.4) is 0 Å². The number of hydrogen-bond donors (Lipinski definition) is 2. The molecule has 0 aliphatic rings. The van der Waals surface area contributed by atoms with Gasteiger partial charge in [0.05, 0.1) is 12.6 Å². The minimum atomic E-state index is 0.168. The largest absolute Gasteiger partial charge is 0.350 e. The number of guanidine groups is 1. The number of aromatic nitrogens is 2. The van der Waals surface area contributed by atoms with Crippen LogP contribution in [-0.4, -0.2) is 22.6 Å². The van der Waals surface area contributed by atoms with Crippen LogP contribution in [0.1, 0.15) is 42.4 Å². The molecule has 0 spiro atoms. The van der Waals surface area contributed by atoms with Crippen molar-refractivity contribution in [2.45, 2.75) is 39.4 Å². The number of benzene rings is 2. The zero-order chi connectivity index (χ0) is 19.8. The van der Waals surface area contributed by atoms with Gasteiger partial charge >= 0.3 is 0 Å². The molecule has 0 radical (unpaired) electrons. The number of aryl methyl sites for hydroxylation is 1. The van der Waals surface area contributed by atoms with Crippen molar-refractivity contribution < 1.29 is 0 Å². The Bertz CT molecular complexity index is 881. The normalized spacial score (nSPS) is 12.6. The summed E-state index contributed by atoms with van der Waals surface area (Å²) in [7, 11) is 1.79. The third-order valence-corrected chi connectivity index (χ3v) is 4.88. The van der Waals surface area contributed by atoms with Crippen LogP contribution in [0.4, 0.5) is 0 Å². The summed E-state index contributed by atoms with van der Waals surface area (Å²) in [5.74, 6) is 1.74. The quantitative estimate of drug-likeness (QED) is 0.486. The molecule has 0 saturated heterocycles. The summed E-state index contributed by atoms with van der Waals surface area (Å²) < 4.78 is 2.16. The molecular weight excluding hydrogens is 346 g/mol. The average molecular weight is 376 g/mol. The highest BCUT2D eigenvalue weighted by atomic mass is 15.2. The maximum Gasteiger partial charge on any atom is 0.191 e. The molecule has 0 aliphatic heterocycles. The first-order chi connectivity index (χ1) is 13.7. The molecule has 5 heteroatoms. The van der Waals surface area contributed by atoms with Crippen LogP contribution in [0.5, 0.6) is 0 Å². The zero-order valence-electron chi connectivity index (χ0n) is 16.9. The third kappa shape index (κ3) is 5.22. The fraction of sp³-hybridized carbons (Fsp3) is 0.304. The van der Waals surface area contributed by atoms with Crippen LogP contribution >= 0.6 is 0 Å². The van der Waals surface area contributed by atoms with E-state index in [1.165, 1.54) is 16.7 Å². The van der Waals surface area contributed by atoms with Crippen LogP contribution in [0.25, 0.3) is 0 Å². The first kappa shape index (κ1) is 19.7. The van der Waals surface area contributed by atoms with Gasteiger partial charge in [-0.3, -0.25) is 4.99 Å². The molecule has 146 valence electrons. The predicted molar refractivity (Wildman–Crippen MR) is 115 cm³/mol. The Morgan fingerprint density at radius 2 is 1.82 bits per heavy atom. The molecule has 28 heavy (non-hydrogen) atoms. The van der Waals surface area contributed by atoms with Gasteiger partial charge in [-0.2, -0.15) is 0 Å². The fourth-order valence-corrected chi connectivity index (χ4v) is 3.12. The molecule has 3 aromatic rings. The molecule has 2 aromatic carbocycles. The Labute approximate surface area is 167 Å². The van der Waals surface area contributed by atoms with Gasteiger partial charge in [0, 0.05) is 26.0 Å². The second-order valence-electron chi connectivity index (χ2n) is 6.84. The Hall–Kier alpha value is -3.08. The fourth-order valence-electron chi connectivity index (χ4n) is 3.12. The molecule has 1 heterocycles. The Kier molecular flexibility index (Phi) is 6.84. The summed E-state index contributed by atoms with van der Waals surface area (Å²) in [5, 5.41) is 6.83. The molecule has 5 nitrogen and oxygen atoms in total. The lowest BCUT2D eigenvalue weighted by atomic mass is 10.1. The smallest absolute Gasteiger partial charge is 0.191 e. The van der Waals surface area contributed by atoms with E-state index in [4.69, 9.17) is 0 Å². The second-order valence-corrected chi connectivity index (χ2v) is 6.84. The van der Waals surface area contributed by atoms with E-state index in [1.54, 1.807) is 7.05 Å². The lowest BCUT2D eigenvalue weighted by Gasteiger charge is -2.19. The first-order valence-corrected chi connectivity index (χ1v) is 9.79. The molecule has 1 unspecified atom stereocenters. The summed E-state index contributed by atoms with van der Waals surface area (Å²) in [4.78, 5) is 8.85. The molecule has 0 aliphatic carbocycles. The number of hydrogen-bond acceptors (Lipinski definition) is 2. The van der Waals surface area contributed by atoms with Crippen LogP contribution < -0.4 is 10.6 Å². The molecule has 3 rings (SSSR count). The third-order valence-electron chi connectivity index (χ3n) is 4.88. The van der Waals surface area contributed by atoms with Crippen LogP contribution in [-0.2, 0) is 19.5 Å². The Morgan fingerprint density at radius 3 is 2.50 bits per heavy atom. The van der Waals surface area contributed by atoms with Crippen molar-refractivity contribution in [3.8, 4) is 0 Å². The van der Waals surface area contributed by atoms with E-state index >= 15 is 0 Å². The zero-order valence-corrected chi connectivity index (χ0v) is 16.9. The van der Waals surface area contributed by atoms with Gasteiger partial charge in [0.1, 0.15) is 5.82 Å². The lowest BCUT2D eigenvalue weighted by molar-refractivity contribution is 0.658. The van der Waals surface area contributed by atoms with Crippen molar-refractivity contribution in [3.05, 3.63) is 89.5 Å². The molecule has 0 amide bonds. The van der Waals surface area contributed by atoms with Gasteiger partial charge in [-0.15, -0.1) is 0 Å². The van der Waals surface area contributed by atoms with Crippen LogP contribution in [0, 0.1) is 0 Å². The van der Waals surface area contributed by atoms with Crippen LogP contribution in [0.15, 0.2) is 72.0 Å². The van der Waals surface area contributed by atoms with Gasteiger partial charge < -0.3 is 15.2 Å². The molecule has 0 fully saturated rings. The highest BCUT2D eigenvalue weighted by molar-refractivity contribution is 5.80. The van der Waals surface area contributed by atoms with E-state index in [0.717, 1.165) is 24.7 Å². The van der Waals surface area contributed by atoms with E-state index < -0.39 is 0 Å². The summed E-state index contributed by atoms with van der Waals surface area (Å²) in [6, 6.07) is 19.3. The van der Waals surface area contributed by atoms with Gasteiger partial charge in [0.25, 0.3) is 0 Å². The number of aliphatic imine (C=N–C) groups is 1. The SMILES string of the molecule is CCc1ccc(C(C)NC(=NC)NCc2nccn2Cc2ccccc2)cc1. The standard InChI is InChI=1S/C23H29N5/c1-4-19-10-12-21(13-11-19)18(2)27-23(24-3)26-16-22-25-14-15-28(22)17-20-8-6-5-7-9-20/h5-15,18H,4,16-17H2,1-3H3,(H2,24,26,27). The summed E-state index contributed by atoms with van der Waals surface area (Å²) in [6.07, 6.45) is 4.91. The highest BCUT2D eigenvalue weighted by Gasteiger charge is 2.09. The molecule has 2 N–H and O–H groups in total. The Morgan fingerprint density at radius 1 is 1.07 bits per heavy atom. The summed E-state index contributed by atoms with van der Waals surface area (Å²) in [6.45, 7) is 5.74. The second kappa shape index (κ2) is 9.74. The number of imidazole rings is 1. The highest BCUT2D eigenvalue weighted by Crippen LogP contribution is 2.13. The van der Waals surface area contributed by atoms with Crippen molar-refractivity contribution in [2.24, 2.45) is 4.99 Å². The van der Waals surface area contributed by atoms with Gasteiger partial charge in [0.2, 0.25) is 0 Å². The van der Waals surface area contributed by atoms with E-state index in [-0.39, 0.29) is 6.04 Å². The van der Waals surface area contributed by atoms with Crippen molar-refractivity contribution in [1.82, 2.24) is 20.2 Å². The molecule has 0 saturated carbocycles. The number of nitrogens with zero attached hydrogens (tertiary/aromatic N) is 3. The molecule has 1 atom stereocenters. The topological polar surface area (TPSA) is 54.2 Å². The lowest BCUT2D eigenvalue weighted by Crippen LogP contribution is -2.38. The summed E-state index contributed by atoms with van der Waals surface area (Å²) in [5.41, 5.74) is 3.85.